The van der Waals surface area contributed by atoms with Gasteiger partial charge in [0.15, 0.2) is 0 Å². The average molecular weight is 380 g/mol. The summed E-state index contributed by atoms with van der Waals surface area (Å²) >= 11 is 0. The van der Waals surface area contributed by atoms with Gasteiger partial charge < -0.3 is 10.1 Å². The molecule has 0 aliphatic carbocycles. The molecule has 0 atom stereocenters. The summed E-state index contributed by atoms with van der Waals surface area (Å²) in [5.41, 5.74) is 2.94. The minimum absolute atomic E-state index is 0. The van der Waals surface area contributed by atoms with Crippen LogP contribution >= 0.6 is 12.4 Å². The Morgan fingerprint density at radius 1 is 1.04 bits per heavy atom. The highest BCUT2D eigenvalue weighted by Gasteiger charge is 2.07. The number of anilines is 3. The van der Waals surface area contributed by atoms with Gasteiger partial charge in [0.1, 0.15) is 5.75 Å². The highest BCUT2D eigenvalue weighted by molar-refractivity contribution is 7.92. The highest BCUT2D eigenvalue weighted by atomic mass is 35.5. The Labute approximate surface area is 152 Å². The standard InChI is InChI=1S/C17H17N3O3S.ClH/c1-23-14-5-3-4-12(10-14)19-16-8-9-18-17-11-13(6-7-15(16)17)20-24(2,21)22;/h3-11,20H,1-2H3,(H,18,19);1H. The smallest absolute Gasteiger partial charge is 0.229 e. The molecule has 0 aliphatic heterocycles. The van der Waals surface area contributed by atoms with E-state index in [0.29, 0.717) is 11.2 Å². The fraction of sp³-hybridized carbons (Fsp3) is 0.118. The summed E-state index contributed by atoms with van der Waals surface area (Å²) in [7, 11) is -1.70. The Hall–Kier alpha value is -2.51. The number of pyridine rings is 1. The molecule has 0 amide bonds. The fourth-order valence-electron chi connectivity index (χ4n) is 2.39. The van der Waals surface area contributed by atoms with Crippen LogP contribution in [0.5, 0.6) is 5.75 Å². The molecule has 0 radical (unpaired) electrons. The lowest BCUT2D eigenvalue weighted by atomic mass is 10.1. The van der Waals surface area contributed by atoms with Crippen molar-refractivity contribution in [2.75, 3.05) is 23.4 Å². The van der Waals surface area contributed by atoms with Crippen LogP contribution in [0.25, 0.3) is 10.9 Å². The van der Waals surface area contributed by atoms with E-state index in [1.165, 1.54) is 0 Å². The van der Waals surface area contributed by atoms with Crippen molar-refractivity contribution in [3.63, 3.8) is 0 Å². The molecule has 0 saturated carbocycles. The quantitative estimate of drug-likeness (QED) is 0.705. The number of methoxy groups -OCH3 is 1. The van der Waals surface area contributed by atoms with Crippen molar-refractivity contribution in [1.82, 2.24) is 4.98 Å². The van der Waals surface area contributed by atoms with Crippen LogP contribution < -0.4 is 14.8 Å². The van der Waals surface area contributed by atoms with Crippen LogP contribution in [0.4, 0.5) is 17.1 Å². The number of aromatic nitrogens is 1. The first-order valence-electron chi connectivity index (χ1n) is 7.22. The number of fused-ring (bicyclic) bond motifs is 1. The van der Waals surface area contributed by atoms with Gasteiger partial charge in [-0.15, -0.1) is 12.4 Å². The number of nitrogens with one attached hydrogen (secondary N) is 2. The van der Waals surface area contributed by atoms with E-state index in [2.05, 4.69) is 15.0 Å². The number of ether oxygens (including phenoxy) is 1. The number of halogens is 1. The second-order valence-corrected chi connectivity index (χ2v) is 7.07. The number of benzene rings is 2. The third kappa shape index (κ3) is 4.74. The predicted molar refractivity (Wildman–Crippen MR) is 104 cm³/mol. The van der Waals surface area contributed by atoms with Crippen molar-refractivity contribution in [2.45, 2.75) is 0 Å². The van der Waals surface area contributed by atoms with Crippen molar-refractivity contribution in [1.29, 1.82) is 0 Å². The summed E-state index contributed by atoms with van der Waals surface area (Å²) in [5, 5.41) is 4.22. The van der Waals surface area contributed by atoms with Gasteiger partial charge in [0, 0.05) is 29.0 Å². The van der Waals surface area contributed by atoms with Gasteiger partial charge in [-0.2, -0.15) is 0 Å². The van der Waals surface area contributed by atoms with Crippen molar-refractivity contribution in [3.05, 3.63) is 54.7 Å². The molecule has 0 unspecified atom stereocenters. The normalized spacial score (nSPS) is 10.8. The number of hydrogen-bond acceptors (Lipinski definition) is 5. The Balaban J connectivity index is 0.00000225. The minimum Gasteiger partial charge on any atom is -0.497 e. The molecule has 0 spiro atoms. The summed E-state index contributed by atoms with van der Waals surface area (Å²) in [6, 6.07) is 14.7. The first kappa shape index (κ1) is 18.8. The molecule has 0 saturated heterocycles. The molecule has 0 fully saturated rings. The molecule has 2 N–H and O–H groups in total. The molecule has 25 heavy (non-hydrogen) atoms. The van der Waals surface area contributed by atoms with Gasteiger partial charge in [0.05, 0.1) is 24.6 Å². The number of rotatable bonds is 5. The van der Waals surface area contributed by atoms with E-state index < -0.39 is 10.0 Å². The molecule has 2 aromatic carbocycles. The summed E-state index contributed by atoms with van der Waals surface area (Å²) in [6.07, 6.45) is 2.79. The van der Waals surface area contributed by atoms with E-state index in [-0.39, 0.29) is 12.4 Å². The lowest BCUT2D eigenvalue weighted by Crippen LogP contribution is -2.09. The maximum Gasteiger partial charge on any atom is 0.229 e. The molecule has 6 nitrogen and oxygen atoms in total. The van der Waals surface area contributed by atoms with Crippen molar-refractivity contribution >= 4 is 50.4 Å². The van der Waals surface area contributed by atoms with Crippen LogP contribution in [0.15, 0.2) is 54.7 Å². The number of nitrogens with zero attached hydrogens (tertiary/aromatic N) is 1. The summed E-state index contributed by atoms with van der Waals surface area (Å²) in [6.45, 7) is 0. The summed E-state index contributed by atoms with van der Waals surface area (Å²) < 4.78 is 30.4. The zero-order valence-corrected chi connectivity index (χ0v) is 15.3. The Bertz CT molecular complexity index is 993. The summed E-state index contributed by atoms with van der Waals surface area (Å²) in [5.74, 6) is 0.762. The topological polar surface area (TPSA) is 80.3 Å². The van der Waals surface area contributed by atoms with Crippen LogP contribution in [-0.4, -0.2) is 26.8 Å². The zero-order valence-electron chi connectivity index (χ0n) is 13.7. The van der Waals surface area contributed by atoms with E-state index in [4.69, 9.17) is 4.74 Å². The molecule has 8 heteroatoms. The average Bonchev–Trinajstić information content (AvgIpc) is 2.53. The number of sulfonamides is 1. The zero-order chi connectivity index (χ0) is 17.2. The van der Waals surface area contributed by atoms with Gasteiger partial charge in [0.25, 0.3) is 0 Å². The molecule has 3 rings (SSSR count). The van der Waals surface area contributed by atoms with Crippen molar-refractivity contribution in [2.24, 2.45) is 0 Å². The van der Waals surface area contributed by atoms with Gasteiger partial charge in [-0.05, 0) is 36.4 Å². The van der Waals surface area contributed by atoms with Crippen molar-refractivity contribution in [3.8, 4) is 5.75 Å². The van der Waals surface area contributed by atoms with Gasteiger partial charge in [-0.1, -0.05) is 6.07 Å². The third-order valence-electron chi connectivity index (χ3n) is 3.39. The Morgan fingerprint density at radius 2 is 1.84 bits per heavy atom. The largest absolute Gasteiger partial charge is 0.497 e. The molecule has 1 aromatic heterocycles. The van der Waals surface area contributed by atoms with Gasteiger partial charge >= 0.3 is 0 Å². The third-order valence-corrected chi connectivity index (χ3v) is 4.00. The molecular weight excluding hydrogens is 362 g/mol. The van der Waals surface area contributed by atoms with Crippen LogP contribution in [0, 0.1) is 0 Å². The predicted octanol–water partition coefficient (Wildman–Crippen LogP) is 3.78. The molecular formula is C17H18ClN3O3S. The summed E-state index contributed by atoms with van der Waals surface area (Å²) in [4.78, 5) is 4.31. The van der Waals surface area contributed by atoms with Gasteiger partial charge in [0.2, 0.25) is 10.0 Å². The Kier molecular flexibility index (Phi) is 5.71. The van der Waals surface area contributed by atoms with E-state index in [9.17, 15) is 8.42 Å². The second-order valence-electron chi connectivity index (χ2n) is 5.32. The second kappa shape index (κ2) is 7.58. The van der Waals surface area contributed by atoms with Crippen LogP contribution in [0.1, 0.15) is 0 Å². The van der Waals surface area contributed by atoms with Gasteiger partial charge in [-0.3, -0.25) is 9.71 Å². The molecule has 3 aromatic rings. The highest BCUT2D eigenvalue weighted by Crippen LogP contribution is 2.28. The van der Waals surface area contributed by atoms with Gasteiger partial charge in [-0.25, -0.2) is 8.42 Å². The first-order chi connectivity index (χ1) is 11.4. The molecule has 0 bridgehead atoms. The Morgan fingerprint density at radius 3 is 2.56 bits per heavy atom. The van der Waals surface area contributed by atoms with E-state index in [1.807, 2.05) is 36.4 Å². The lowest BCUT2D eigenvalue weighted by molar-refractivity contribution is 0.415. The number of hydrogen-bond donors (Lipinski definition) is 2. The van der Waals surface area contributed by atoms with Crippen molar-refractivity contribution < 1.29 is 13.2 Å². The first-order valence-corrected chi connectivity index (χ1v) is 9.11. The van der Waals surface area contributed by atoms with Crippen LogP contribution in [0.3, 0.4) is 0 Å². The van der Waals surface area contributed by atoms with E-state index in [1.54, 1.807) is 25.4 Å². The lowest BCUT2D eigenvalue weighted by Gasteiger charge is -2.11. The van der Waals surface area contributed by atoms with Crippen LogP contribution in [0.2, 0.25) is 0 Å². The minimum atomic E-state index is -3.32. The maximum atomic E-state index is 11.3. The fourth-order valence-corrected chi connectivity index (χ4v) is 2.95. The van der Waals surface area contributed by atoms with Crippen LogP contribution in [-0.2, 0) is 10.0 Å². The molecule has 1 heterocycles. The van der Waals surface area contributed by atoms with E-state index >= 15 is 0 Å². The van der Waals surface area contributed by atoms with E-state index in [0.717, 1.165) is 28.8 Å². The molecule has 0 aliphatic rings. The SMILES string of the molecule is COc1cccc(Nc2ccnc3cc(NS(C)(=O)=O)ccc23)c1.Cl. The monoisotopic (exact) mass is 379 g/mol. The molecule has 132 valence electrons. The maximum absolute atomic E-state index is 11.3.